The van der Waals surface area contributed by atoms with Crippen LogP contribution in [0.4, 0.5) is 0 Å². The lowest BCUT2D eigenvalue weighted by Gasteiger charge is -2.20. The van der Waals surface area contributed by atoms with Crippen molar-refractivity contribution in [2.45, 2.75) is 52.9 Å². The van der Waals surface area contributed by atoms with Crippen LogP contribution in [0.3, 0.4) is 0 Å². The van der Waals surface area contributed by atoms with Gasteiger partial charge in [-0.2, -0.15) is 0 Å². The Balaban J connectivity index is 2.78. The summed E-state index contributed by atoms with van der Waals surface area (Å²) < 4.78 is 6.14. The molecule has 0 atom stereocenters. The first kappa shape index (κ1) is 17.8. The number of rotatable bonds is 9. The molecule has 0 unspecified atom stereocenters. The predicted octanol–water partition coefficient (Wildman–Crippen LogP) is 4.87. The van der Waals surface area contributed by atoms with E-state index >= 15 is 0 Å². The van der Waals surface area contributed by atoms with Crippen molar-refractivity contribution >= 4 is 0 Å². The predicted molar refractivity (Wildman–Crippen MR) is 92.4 cm³/mol. The van der Waals surface area contributed by atoms with Crippen LogP contribution in [0, 0.1) is 0 Å². The van der Waals surface area contributed by atoms with E-state index in [1.54, 1.807) is 0 Å². The Labute approximate surface area is 130 Å². The Hall–Kier alpha value is -1.28. The van der Waals surface area contributed by atoms with Crippen LogP contribution < -0.4 is 10.1 Å². The minimum Gasteiger partial charge on any atom is -0.489 e. The number of nitrogens with one attached hydrogen (secondary N) is 1. The van der Waals surface area contributed by atoms with Crippen molar-refractivity contribution in [2.75, 3.05) is 19.7 Å². The molecule has 0 saturated carbocycles. The van der Waals surface area contributed by atoms with Crippen LogP contribution in [0.15, 0.2) is 30.4 Å². The maximum Gasteiger partial charge on any atom is 0.126 e. The van der Waals surface area contributed by atoms with Gasteiger partial charge in [0.1, 0.15) is 12.4 Å². The number of para-hydroxylation sites is 1. The third-order valence-corrected chi connectivity index (χ3v) is 3.54. The molecule has 0 spiro atoms. The van der Waals surface area contributed by atoms with E-state index in [0.717, 1.165) is 30.8 Å². The van der Waals surface area contributed by atoms with Crippen LogP contribution in [0.5, 0.6) is 5.75 Å². The van der Waals surface area contributed by atoms with Crippen molar-refractivity contribution in [1.29, 1.82) is 0 Å². The molecule has 0 amide bonds. The monoisotopic (exact) mass is 289 g/mol. The lowest BCUT2D eigenvalue weighted by molar-refractivity contribution is 0.338. The van der Waals surface area contributed by atoms with Crippen molar-refractivity contribution in [3.63, 3.8) is 0 Å². The number of hydrogen-bond acceptors (Lipinski definition) is 2. The molecule has 0 aliphatic rings. The SMILES string of the molecule is C=C(CNCCC)COc1c(C(C)C)cccc1C(C)C. The lowest BCUT2D eigenvalue weighted by Crippen LogP contribution is -2.20. The minimum absolute atomic E-state index is 0.463. The summed E-state index contributed by atoms with van der Waals surface area (Å²) >= 11 is 0. The van der Waals surface area contributed by atoms with E-state index < -0.39 is 0 Å². The van der Waals surface area contributed by atoms with Gasteiger partial charge in [-0.15, -0.1) is 0 Å². The van der Waals surface area contributed by atoms with E-state index in [0.29, 0.717) is 18.4 Å². The molecule has 118 valence electrons. The molecule has 0 aliphatic heterocycles. The van der Waals surface area contributed by atoms with Crippen LogP contribution in [0.25, 0.3) is 0 Å². The van der Waals surface area contributed by atoms with Crippen molar-refractivity contribution < 1.29 is 4.74 Å². The van der Waals surface area contributed by atoms with Crippen molar-refractivity contribution in [3.05, 3.63) is 41.5 Å². The first-order valence-corrected chi connectivity index (χ1v) is 8.10. The summed E-state index contributed by atoms with van der Waals surface area (Å²) in [5.41, 5.74) is 3.67. The van der Waals surface area contributed by atoms with Crippen LogP contribution in [0.1, 0.15) is 64.0 Å². The highest BCUT2D eigenvalue weighted by Gasteiger charge is 2.15. The van der Waals surface area contributed by atoms with Crippen molar-refractivity contribution in [2.24, 2.45) is 0 Å². The van der Waals surface area contributed by atoms with E-state index in [1.807, 2.05) is 0 Å². The Morgan fingerprint density at radius 2 is 1.71 bits per heavy atom. The zero-order chi connectivity index (χ0) is 15.8. The molecule has 0 aromatic heterocycles. The Morgan fingerprint density at radius 3 is 2.19 bits per heavy atom. The summed E-state index contributed by atoms with van der Waals surface area (Å²) in [6.45, 7) is 17.6. The van der Waals surface area contributed by atoms with Gasteiger partial charge in [-0.25, -0.2) is 0 Å². The average molecular weight is 289 g/mol. The molecule has 2 heteroatoms. The zero-order valence-corrected chi connectivity index (χ0v) is 14.3. The summed E-state index contributed by atoms with van der Waals surface area (Å²) in [5.74, 6) is 1.98. The standard InChI is InChI=1S/C19H31NO/c1-7-11-20-12-16(6)13-21-19-17(14(2)3)9-8-10-18(19)15(4)5/h8-10,14-15,20H,6-7,11-13H2,1-5H3. The molecule has 0 fully saturated rings. The van der Waals surface area contributed by atoms with Gasteiger partial charge in [0.15, 0.2) is 0 Å². The molecular weight excluding hydrogens is 258 g/mol. The molecule has 1 aromatic carbocycles. The molecule has 0 saturated heterocycles. The highest BCUT2D eigenvalue weighted by molar-refractivity contribution is 5.45. The highest BCUT2D eigenvalue weighted by atomic mass is 16.5. The van der Waals surface area contributed by atoms with Crippen molar-refractivity contribution in [3.8, 4) is 5.75 Å². The lowest BCUT2D eigenvalue weighted by atomic mass is 9.94. The largest absolute Gasteiger partial charge is 0.489 e. The zero-order valence-electron chi connectivity index (χ0n) is 14.3. The third-order valence-electron chi connectivity index (χ3n) is 3.54. The van der Waals surface area contributed by atoms with Gasteiger partial charge in [-0.1, -0.05) is 59.4 Å². The van der Waals surface area contributed by atoms with Gasteiger partial charge in [-0.3, -0.25) is 0 Å². The number of ether oxygens (including phenoxy) is 1. The smallest absolute Gasteiger partial charge is 0.126 e. The molecule has 0 heterocycles. The normalized spacial score (nSPS) is 11.2. The topological polar surface area (TPSA) is 21.3 Å². The van der Waals surface area contributed by atoms with Gasteiger partial charge < -0.3 is 10.1 Å². The molecule has 2 nitrogen and oxygen atoms in total. The number of hydrogen-bond donors (Lipinski definition) is 1. The maximum atomic E-state index is 6.14. The first-order valence-electron chi connectivity index (χ1n) is 8.10. The molecule has 1 N–H and O–H groups in total. The Morgan fingerprint density at radius 1 is 1.14 bits per heavy atom. The second kappa shape index (κ2) is 8.89. The summed E-state index contributed by atoms with van der Waals surface area (Å²) in [6.07, 6.45) is 1.14. The van der Waals surface area contributed by atoms with Crippen LogP contribution in [0.2, 0.25) is 0 Å². The van der Waals surface area contributed by atoms with Crippen LogP contribution >= 0.6 is 0 Å². The van der Waals surface area contributed by atoms with Crippen molar-refractivity contribution in [1.82, 2.24) is 5.32 Å². The van der Waals surface area contributed by atoms with Crippen LogP contribution in [-0.4, -0.2) is 19.7 Å². The van der Waals surface area contributed by atoms with Gasteiger partial charge in [0, 0.05) is 6.54 Å². The molecule has 21 heavy (non-hydrogen) atoms. The van der Waals surface area contributed by atoms with Crippen LogP contribution in [-0.2, 0) is 0 Å². The molecular formula is C19H31NO. The summed E-state index contributed by atoms with van der Waals surface area (Å²) in [6, 6.07) is 6.48. The molecule has 0 aliphatic carbocycles. The fourth-order valence-corrected chi connectivity index (χ4v) is 2.32. The Bertz CT molecular complexity index is 423. The fraction of sp³-hybridized carbons (Fsp3) is 0.579. The second-order valence-electron chi connectivity index (χ2n) is 6.29. The summed E-state index contributed by atoms with van der Waals surface area (Å²) in [5, 5.41) is 3.37. The molecule has 1 aromatic rings. The minimum atomic E-state index is 0.463. The van der Waals surface area contributed by atoms with Gasteiger partial charge >= 0.3 is 0 Å². The third kappa shape index (κ3) is 5.55. The maximum absolute atomic E-state index is 6.14. The Kier molecular flexibility index (Phi) is 7.52. The molecule has 1 rings (SSSR count). The van der Waals surface area contributed by atoms with Gasteiger partial charge in [0.05, 0.1) is 0 Å². The second-order valence-corrected chi connectivity index (χ2v) is 6.29. The van der Waals surface area contributed by atoms with Gasteiger partial charge in [-0.05, 0) is 41.5 Å². The van der Waals surface area contributed by atoms with Gasteiger partial charge in [0.25, 0.3) is 0 Å². The first-order chi connectivity index (χ1) is 9.97. The molecule has 0 bridgehead atoms. The average Bonchev–Trinajstić information content (AvgIpc) is 2.44. The van der Waals surface area contributed by atoms with E-state index in [4.69, 9.17) is 4.74 Å². The van der Waals surface area contributed by atoms with Gasteiger partial charge in [0.2, 0.25) is 0 Å². The van der Waals surface area contributed by atoms with E-state index in [1.165, 1.54) is 11.1 Å². The highest BCUT2D eigenvalue weighted by Crippen LogP contribution is 2.34. The summed E-state index contributed by atoms with van der Waals surface area (Å²) in [4.78, 5) is 0. The molecule has 0 radical (unpaired) electrons. The van der Waals surface area contributed by atoms with E-state index in [-0.39, 0.29) is 0 Å². The van der Waals surface area contributed by atoms with E-state index in [2.05, 4.69) is 64.7 Å². The summed E-state index contributed by atoms with van der Waals surface area (Å²) in [7, 11) is 0. The quantitative estimate of drug-likeness (QED) is 0.517. The van der Waals surface area contributed by atoms with E-state index in [9.17, 15) is 0 Å². The number of benzene rings is 1. The fourth-order valence-electron chi connectivity index (χ4n) is 2.32.